The molecule has 0 aliphatic heterocycles. The van der Waals surface area contributed by atoms with Crippen molar-refractivity contribution >= 4 is 39.0 Å². The van der Waals surface area contributed by atoms with E-state index in [-0.39, 0.29) is 23.4 Å². The highest BCUT2D eigenvalue weighted by Gasteiger charge is 2.21. The summed E-state index contributed by atoms with van der Waals surface area (Å²) in [7, 11) is -3.78. The molecule has 0 radical (unpaired) electrons. The SMILES string of the molecule is CS(=O)(=O)N(Cc1ccc(C(=O)CNC(=O)C(F)F)cc1F)c1cccc(Cl)c1. The van der Waals surface area contributed by atoms with E-state index in [9.17, 15) is 31.2 Å². The average molecular weight is 449 g/mol. The second-order valence-corrected chi connectivity index (χ2v) is 8.34. The molecule has 2 aromatic rings. The zero-order chi connectivity index (χ0) is 21.8. The van der Waals surface area contributed by atoms with Crippen LogP contribution in [0.15, 0.2) is 42.5 Å². The maximum atomic E-state index is 14.5. The van der Waals surface area contributed by atoms with Crippen molar-refractivity contribution in [3.8, 4) is 0 Å². The molecule has 1 amide bonds. The highest BCUT2D eigenvalue weighted by atomic mass is 35.5. The van der Waals surface area contributed by atoms with Crippen molar-refractivity contribution in [2.24, 2.45) is 0 Å². The van der Waals surface area contributed by atoms with Crippen LogP contribution < -0.4 is 9.62 Å². The molecule has 2 rings (SSSR count). The fraction of sp³-hybridized carbons (Fsp3) is 0.222. The standard InChI is InChI=1S/C18H16ClF3N2O4S/c1-29(27,28)24(14-4-2-3-13(19)8-14)10-12-6-5-11(7-15(12)20)16(25)9-23-18(26)17(21)22/h2-8,17H,9-10H2,1H3,(H,23,26). The van der Waals surface area contributed by atoms with Crippen LogP contribution in [0.5, 0.6) is 0 Å². The van der Waals surface area contributed by atoms with Gasteiger partial charge in [-0.2, -0.15) is 8.78 Å². The van der Waals surface area contributed by atoms with Gasteiger partial charge in [-0.15, -0.1) is 0 Å². The Morgan fingerprint density at radius 3 is 2.41 bits per heavy atom. The fourth-order valence-electron chi connectivity index (χ4n) is 2.38. The van der Waals surface area contributed by atoms with Gasteiger partial charge >= 0.3 is 6.43 Å². The van der Waals surface area contributed by atoms with E-state index in [4.69, 9.17) is 11.6 Å². The van der Waals surface area contributed by atoms with Crippen LogP contribution in [0.3, 0.4) is 0 Å². The summed E-state index contributed by atoms with van der Waals surface area (Å²) in [6.07, 6.45) is -2.31. The molecule has 2 aromatic carbocycles. The Balaban J connectivity index is 2.22. The normalized spacial score (nSPS) is 11.4. The first-order valence-electron chi connectivity index (χ1n) is 8.10. The van der Waals surface area contributed by atoms with Crippen LogP contribution in [0.25, 0.3) is 0 Å². The molecule has 0 aromatic heterocycles. The van der Waals surface area contributed by atoms with Gasteiger partial charge < -0.3 is 5.32 Å². The Labute approximate surface area is 170 Å². The molecular weight excluding hydrogens is 433 g/mol. The number of sulfonamides is 1. The number of anilines is 1. The number of rotatable bonds is 8. The van der Waals surface area contributed by atoms with Crippen molar-refractivity contribution in [3.05, 3.63) is 64.4 Å². The largest absolute Gasteiger partial charge is 0.344 e. The molecule has 0 bridgehead atoms. The number of alkyl halides is 2. The number of nitrogens with zero attached hydrogens (tertiary/aromatic N) is 1. The molecule has 156 valence electrons. The third-order valence-electron chi connectivity index (χ3n) is 3.81. The first kappa shape index (κ1) is 22.7. The first-order valence-corrected chi connectivity index (χ1v) is 10.3. The second kappa shape index (κ2) is 9.27. The molecule has 1 N–H and O–H groups in total. The number of carbonyl (C=O) groups excluding carboxylic acids is 2. The van der Waals surface area contributed by atoms with Gasteiger partial charge in [-0.1, -0.05) is 29.8 Å². The molecule has 29 heavy (non-hydrogen) atoms. The number of benzene rings is 2. The third-order valence-corrected chi connectivity index (χ3v) is 5.18. The van der Waals surface area contributed by atoms with E-state index < -0.39 is 40.5 Å². The number of hydrogen-bond donors (Lipinski definition) is 1. The number of Topliss-reactive ketones (excluding diaryl/α,β-unsaturated/α-hetero) is 1. The summed E-state index contributed by atoms with van der Waals surface area (Å²) < 4.78 is 64.0. The zero-order valence-corrected chi connectivity index (χ0v) is 16.6. The Morgan fingerprint density at radius 2 is 1.86 bits per heavy atom. The van der Waals surface area contributed by atoms with Crippen molar-refractivity contribution in [3.63, 3.8) is 0 Å². The molecule has 0 saturated heterocycles. The minimum Gasteiger partial charge on any atom is -0.344 e. The van der Waals surface area contributed by atoms with Crippen LogP contribution in [0.1, 0.15) is 15.9 Å². The smallest absolute Gasteiger partial charge is 0.315 e. The van der Waals surface area contributed by atoms with Crippen molar-refractivity contribution < 1.29 is 31.2 Å². The summed E-state index contributed by atoms with van der Waals surface area (Å²) in [6, 6.07) is 9.28. The van der Waals surface area contributed by atoms with E-state index in [1.54, 1.807) is 17.4 Å². The summed E-state index contributed by atoms with van der Waals surface area (Å²) in [5, 5.41) is 2.03. The second-order valence-electron chi connectivity index (χ2n) is 6.00. The van der Waals surface area contributed by atoms with E-state index in [1.807, 2.05) is 0 Å². The fourth-order valence-corrected chi connectivity index (χ4v) is 3.44. The summed E-state index contributed by atoms with van der Waals surface area (Å²) in [5.74, 6) is -3.26. The van der Waals surface area contributed by atoms with Gasteiger partial charge in [0.1, 0.15) is 5.82 Å². The van der Waals surface area contributed by atoms with Crippen LogP contribution in [0.2, 0.25) is 5.02 Å². The number of amides is 1. The minimum atomic E-state index is -3.78. The Bertz CT molecular complexity index is 1030. The van der Waals surface area contributed by atoms with E-state index in [2.05, 4.69) is 0 Å². The van der Waals surface area contributed by atoms with E-state index in [0.717, 1.165) is 16.6 Å². The van der Waals surface area contributed by atoms with Crippen molar-refractivity contribution in [1.29, 1.82) is 0 Å². The zero-order valence-electron chi connectivity index (χ0n) is 15.0. The van der Waals surface area contributed by atoms with Gasteiger partial charge in [0.2, 0.25) is 10.0 Å². The Kier molecular flexibility index (Phi) is 7.26. The van der Waals surface area contributed by atoms with Gasteiger partial charge in [-0.3, -0.25) is 13.9 Å². The van der Waals surface area contributed by atoms with Crippen LogP contribution >= 0.6 is 11.6 Å². The minimum absolute atomic E-state index is 0.0245. The molecule has 0 unspecified atom stereocenters. The quantitative estimate of drug-likeness (QED) is 0.629. The lowest BCUT2D eigenvalue weighted by molar-refractivity contribution is -0.131. The Morgan fingerprint density at radius 1 is 1.17 bits per heavy atom. The topological polar surface area (TPSA) is 83.6 Å². The molecule has 0 atom stereocenters. The molecule has 6 nitrogen and oxygen atoms in total. The molecule has 0 spiro atoms. The van der Waals surface area contributed by atoms with Crippen LogP contribution in [-0.4, -0.2) is 39.3 Å². The van der Waals surface area contributed by atoms with Gasteiger partial charge in [0.15, 0.2) is 5.78 Å². The summed E-state index contributed by atoms with van der Waals surface area (Å²) in [5.41, 5.74) is 0.0484. The highest BCUT2D eigenvalue weighted by molar-refractivity contribution is 7.92. The van der Waals surface area contributed by atoms with Crippen molar-refractivity contribution in [2.75, 3.05) is 17.1 Å². The van der Waals surface area contributed by atoms with E-state index in [1.165, 1.54) is 24.3 Å². The monoisotopic (exact) mass is 448 g/mol. The molecule has 0 saturated carbocycles. The molecule has 0 aliphatic carbocycles. The van der Waals surface area contributed by atoms with Crippen LogP contribution in [-0.2, 0) is 21.4 Å². The van der Waals surface area contributed by atoms with Crippen LogP contribution in [0.4, 0.5) is 18.9 Å². The number of ketones is 1. The number of carbonyl (C=O) groups is 2. The lowest BCUT2D eigenvalue weighted by atomic mass is 10.1. The van der Waals surface area contributed by atoms with Gasteiger partial charge in [-0.25, -0.2) is 12.8 Å². The summed E-state index contributed by atoms with van der Waals surface area (Å²) >= 11 is 5.89. The average Bonchev–Trinajstić information content (AvgIpc) is 2.63. The van der Waals surface area contributed by atoms with Gasteiger partial charge in [0, 0.05) is 16.1 Å². The summed E-state index contributed by atoms with van der Waals surface area (Å²) in [6.45, 7) is -1.08. The molecule has 0 heterocycles. The third kappa shape index (κ3) is 6.20. The molecule has 11 heteroatoms. The molecule has 0 fully saturated rings. The highest BCUT2D eigenvalue weighted by Crippen LogP contribution is 2.25. The predicted molar refractivity (Wildman–Crippen MR) is 102 cm³/mol. The predicted octanol–water partition coefficient (Wildman–Crippen LogP) is 3.01. The van der Waals surface area contributed by atoms with Crippen molar-refractivity contribution in [1.82, 2.24) is 5.32 Å². The molecule has 0 aliphatic rings. The number of halogens is 4. The first-order chi connectivity index (χ1) is 13.5. The van der Waals surface area contributed by atoms with Crippen molar-refractivity contribution in [2.45, 2.75) is 13.0 Å². The molecular formula is C18H16ClF3N2O4S. The maximum Gasteiger partial charge on any atom is 0.315 e. The number of nitrogens with one attached hydrogen (secondary N) is 1. The van der Waals surface area contributed by atoms with Gasteiger partial charge in [-0.05, 0) is 24.3 Å². The van der Waals surface area contributed by atoms with E-state index in [0.29, 0.717) is 5.02 Å². The lowest BCUT2D eigenvalue weighted by Gasteiger charge is -2.23. The lowest BCUT2D eigenvalue weighted by Crippen LogP contribution is -2.34. The van der Waals surface area contributed by atoms with Crippen LogP contribution in [0, 0.1) is 5.82 Å². The maximum absolute atomic E-state index is 14.5. The van der Waals surface area contributed by atoms with Gasteiger partial charge in [0.25, 0.3) is 5.91 Å². The Hall–Kier alpha value is -2.59. The number of hydrogen-bond acceptors (Lipinski definition) is 4. The van der Waals surface area contributed by atoms with Gasteiger partial charge in [0.05, 0.1) is 25.0 Å². The van der Waals surface area contributed by atoms with E-state index >= 15 is 0 Å². The summed E-state index contributed by atoms with van der Waals surface area (Å²) in [4.78, 5) is 22.7.